The minimum Gasteiger partial charge on any atom is -0.505 e. The molecule has 1 rings (SSSR count). The van der Waals surface area contributed by atoms with Gasteiger partial charge in [0.05, 0.1) is 16.1 Å². The molecule has 1 aromatic carbocycles. The lowest BCUT2D eigenvalue weighted by atomic mass is 9.87. The Morgan fingerprint density at radius 1 is 1.32 bits per heavy atom. The molecule has 1 atom stereocenters. The zero-order valence-corrected chi connectivity index (χ0v) is 13.2. The lowest BCUT2D eigenvalue weighted by molar-refractivity contribution is -0.119. The fourth-order valence-electron chi connectivity index (χ4n) is 1.25. The lowest BCUT2D eigenvalue weighted by Gasteiger charge is -2.25. The molecule has 1 amide bonds. The van der Waals surface area contributed by atoms with Crippen molar-refractivity contribution >= 4 is 47.2 Å². The first-order chi connectivity index (χ1) is 8.12. The van der Waals surface area contributed by atoms with Crippen LogP contribution in [0.3, 0.4) is 0 Å². The van der Waals surface area contributed by atoms with E-state index in [-0.39, 0.29) is 39.5 Å². The van der Waals surface area contributed by atoms with Gasteiger partial charge in [-0.1, -0.05) is 44.0 Å². The summed E-state index contributed by atoms with van der Waals surface area (Å²) in [5, 5.41) is 12.2. The maximum atomic E-state index is 11.9. The van der Waals surface area contributed by atoms with Gasteiger partial charge in [0.25, 0.3) is 0 Å². The molecule has 4 N–H and O–H groups in total. The van der Waals surface area contributed by atoms with Gasteiger partial charge in [-0.25, -0.2) is 0 Å². The first-order valence-corrected chi connectivity index (χ1v) is 6.13. The van der Waals surface area contributed by atoms with Crippen molar-refractivity contribution in [3.63, 3.8) is 0 Å². The van der Waals surface area contributed by atoms with Crippen LogP contribution in [0.25, 0.3) is 0 Å². The Labute approximate surface area is 128 Å². The number of carbonyl (C=O) groups is 1. The average Bonchev–Trinajstić information content (AvgIpc) is 2.23. The van der Waals surface area contributed by atoms with Crippen LogP contribution in [0.2, 0.25) is 10.0 Å². The van der Waals surface area contributed by atoms with Crippen LogP contribution in [0.1, 0.15) is 20.8 Å². The molecule has 0 heterocycles. The number of carbonyl (C=O) groups excluding carboxylic acids is 1. The summed E-state index contributed by atoms with van der Waals surface area (Å²) in [6.45, 7) is 5.61. The number of anilines is 1. The van der Waals surface area contributed by atoms with Crippen molar-refractivity contribution in [2.24, 2.45) is 11.1 Å². The van der Waals surface area contributed by atoms with Gasteiger partial charge >= 0.3 is 0 Å². The van der Waals surface area contributed by atoms with E-state index in [2.05, 4.69) is 5.32 Å². The maximum absolute atomic E-state index is 11.9. The average molecular weight is 328 g/mol. The second-order valence-corrected chi connectivity index (χ2v) is 5.94. The summed E-state index contributed by atoms with van der Waals surface area (Å²) in [6, 6.07) is 2.16. The van der Waals surface area contributed by atoms with E-state index in [9.17, 15) is 9.90 Å². The third kappa shape index (κ3) is 4.73. The molecule has 0 saturated carbocycles. The van der Waals surface area contributed by atoms with E-state index in [1.54, 1.807) is 0 Å². The standard InChI is InChI=1S/C12H16Cl2N2O2.ClH/c1-12(2,3)10(15)11(18)16-6-4-7(13)9(17)8(14)5-6;/h4-5,10,17H,15H2,1-3H3,(H,16,18);1H/t10-;/m1./s1. The van der Waals surface area contributed by atoms with Crippen LogP contribution in [-0.4, -0.2) is 17.1 Å². The van der Waals surface area contributed by atoms with Crippen LogP contribution in [0.5, 0.6) is 5.75 Å². The molecule has 0 aliphatic carbocycles. The van der Waals surface area contributed by atoms with Gasteiger partial charge in [0, 0.05) is 5.69 Å². The van der Waals surface area contributed by atoms with Crippen LogP contribution < -0.4 is 11.1 Å². The molecule has 19 heavy (non-hydrogen) atoms. The molecule has 0 saturated heterocycles. The normalized spacial score (nSPS) is 12.5. The third-order valence-electron chi connectivity index (χ3n) is 2.50. The molecule has 0 fully saturated rings. The quantitative estimate of drug-likeness (QED) is 0.728. The number of phenolic OH excluding ortho intramolecular Hbond substituents is 1. The second kappa shape index (κ2) is 6.66. The number of amides is 1. The molecule has 108 valence electrons. The van der Waals surface area contributed by atoms with E-state index in [0.29, 0.717) is 5.69 Å². The SMILES string of the molecule is CC(C)(C)[C@H](N)C(=O)Nc1cc(Cl)c(O)c(Cl)c1.Cl. The van der Waals surface area contributed by atoms with Crippen molar-refractivity contribution in [1.29, 1.82) is 0 Å². The van der Waals surface area contributed by atoms with Crippen LogP contribution in [0.4, 0.5) is 5.69 Å². The molecule has 7 heteroatoms. The number of nitrogens with one attached hydrogen (secondary N) is 1. The molecule has 0 spiro atoms. The predicted octanol–water partition coefficient (Wildman–Crippen LogP) is 3.43. The van der Waals surface area contributed by atoms with Crippen molar-refractivity contribution in [3.8, 4) is 5.75 Å². The Bertz CT molecular complexity index is 450. The number of aromatic hydroxyl groups is 1. The smallest absolute Gasteiger partial charge is 0.241 e. The summed E-state index contributed by atoms with van der Waals surface area (Å²) in [6.07, 6.45) is 0. The second-order valence-electron chi connectivity index (χ2n) is 5.12. The van der Waals surface area contributed by atoms with Gasteiger partial charge in [-0.3, -0.25) is 4.79 Å². The fourth-order valence-corrected chi connectivity index (χ4v) is 1.74. The number of rotatable bonds is 2. The Morgan fingerprint density at radius 3 is 2.11 bits per heavy atom. The highest BCUT2D eigenvalue weighted by atomic mass is 35.5. The Balaban J connectivity index is 0.00000324. The largest absolute Gasteiger partial charge is 0.505 e. The molecule has 0 bridgehead atoms. The number of hydrogen-bond donors (Lipinski definition) is 3. The van der Waals surface area contributed by atoms with Crippen LogP contribution in [-0.2, 0) is 4.79 Å². The van der Waals surface area contributed by atoms with Gasteiger partial charge in [0.15, 0.2) is 5.75 Å². The predicted molar refractivity (Wildman–Crippen MR) is 81.4 cm³/mol. The fraction of sp³-hybridized carbons (Fsp3) is 0.417. The van der Waals surface area contributed by atoms with Crippen molar-refractivity contribution in [1.82, 2.24) is 0 Å². The molecule has 0 unspecified atom stereocenters. The van der Waals surface area contributed by atoms with Gasteiger partial charge < -0.3 is 16.2 Å². The molecular formula is C12H17Cl3N2O2. The van der Waals surface area contributed by atoms with Gasteiger partial charge in [0.2, 0.25) is 5.91 Å². The minimum absolute atomic E-state index is 0. The summed E-state index contributed by atoms with van der Waals surface area (Å²) in [5.74, 6) is -0.545. The van der Waals surface area contributed by atoms with E-state index in [0.717, 1.165) is 0 Å². The zero-order chi connectivity index (χ0) is 14.1. The summed E-state index contributed by atoms with van der Waals surface area (Å²) in [7, 11) is 0. The summed E-state index contributed by atoms with van der Waals surface area (Å²) in [5.41, 5.74) is 5.86. The van der Waals surface area contributed by atoms with Crippen LogP contribution in [0, 0.1) is 5.41 Å². The lowest BCUT2D eigenvalue weighted by Crippen LogP contribution is -2.45. The number of halogens is 3. The van der Waals surface area contributed by atoms with Crippen LogP contribution in [0.15, 0.2) is 12.1 Å². The van der Waals surface area contributed by atoms with Gasteiger partial charge in [-0.05, 0) is 17.5 Å². The molecule has 0 radical (unpaired) electrons. The first-order valence-electron chi connectivity index (χ1n) is 5.37. The topological polar surface area (TPSA) is 75.4 Å². The summed E-state index contributed by atoms with van der Waals surface area (Å²) in [4.78, 5) is 11.9. The molecule has 4 nitrogen and oxygen atoms in total. The maximum Gasteiger partial charge on any atom is 0.241 e. The number of benzene rings is 1. The molecule has 0 aliphatic rings. The Morgan fingerprint density at radius 2 is 1.74 bits per heavy atom. The van der Waals surface area contributed by atoms with Crippen LogP contribution >= 0.6 is 35.6 Å². The molecule has 1 aromatic rings. The summed E-state index contributed by atoms with van der Waals surface area (Å²) >= 11 is 11.5. The Hall–Kier alpha value is -0.680. The minimum atomic E-state index is -0.663. The van der Waals surface area contributed by atoms with E-state index in [1.807, 2.05) is 20.8 Å². The molecule has 0 aliphatic heterocycles. The first kappa shape index (κ1) is 18.3. The highest BCUT2D eigenvalue weighted by molar-refractivity contribution is 6.37. The van der Waals surface area contributed by atoms with E-state index in [4.69, 9.17) is 28.9 Å². The Kier molecular flexibility index (Phi) is 6.42. The third-order valence-corrected chi connectivity index (χ3v) is 3.08. The van der Waals surface area contributed by atoms with Gasteiger partial charge in [0.1, 0.15) is 0 Å². The van der Waals surface area contributed by atoms with Gasteiger partial charge in [-0.15, -0.1) is 12.4 Å². The van der Waals surface area contributed by atoms with Crippen molar-refractivity contribution in [2.45, 2.75) is 26.8 Å². The summed E-state index contributed by atoms with van der Waals surface area (Å²) < 4.78 is 0. The number of hydrogen-bond acceptors (Lipinski definition) is 3. The highest BCUT2D eigenvalue weighted by Gasteiger charge is 2.27. The molecule has 0 aromatic heterocycles. The van der Waals surface area contributed by atoms with Crippen molar-refractivity contribution in [3.05, 3.63) is 22.2 Å². The molecular weight excluding hydrogens is 311 g/mol. The number of phenols is 1. The monoisotopic (exact) mass is 326 g/mol. The van der Waals surface area contributed by atoms with Crippen molar-refractivity contribution < 1.29 is 9.90 Å². The van der Waals surface area contributed by atoms with E-state index >= 15 is 0 Å². The van der Waals surface area contributed by atoms with Gasteiger partial charge in [-0.2, -0.15) is 0 Å². The van der Waals surface area contributed by atoms with Crippen molar-refractivity contribution in [2.75, 3.05) is 5.32 Å². The van der Waals surface area contributed by atoms with E-state index < -0.39 is 6.04 Å². The highest BCUT2D eigenvalue weighted by Crippen LogP contribution is 2.34. The zero-order valence-electron chi connectivity index (χ0n) is 10.8. The van der Waals surface area contributed by atoms with E-state index in [1.165, 1.54) is 12.1 Å². The number of nitrogens with two attached hydrogens (primary N) is 1.